The number of benzene rings is 3. The van der Waals surface area contributed by atoms with Gasteiger partial charge in [-0.3, -0.25) is 9.78 Å². The van der Waals surface area contributed by atoms with Crippen LogP contribution in [0.1, 0.15) is 44.8 Å². The molecule has 6 heteroatoms. The number of methoxy groups -OCH3 is 1. The second-order valence-electron chi connectivity index (χ2n) is 8.53. The third-order valence-electron chi connectivity index (χ3n) is 6.24. The van der Waals surface area contributed by atoms with Gasteiger partial charge in [-0.2, -0.15) is 0 Å². The fourth-order valence-corrected chi connectivity index (χ4v) is 4.37. The highest BCUT2D eigenvalue weighted by atomic mass is 16.5. The fraction of sp³-hybridized carbons (Fsp3) is 0.138. The van der Waals surface area contributed by atoms with Crippen LogP contribution in [0, 0.1) is 0 Å². The Labute approximate surface area is 203 Å². The van der Waals surface area contributed by atoms with Crippen LogP contribution in [-0.2, 0) is 11.3 Å². The van der Waals surface area contributed by atoms with E-state index in [-0.39, 0.29) is 17.9 Å². The SMILES string of the molecule is COC(=O)c1ccc([C@H](C)NC(=O)c2cccc3ccn(Cc4ccc5cccnc5c4)c23)cc1. The molecule has 1 N–H and O–H groups in total. The van der Waals surface area contributed by atoms with Crippen molar-refractivity contribution in [1.82, 2.24) is 14.9 Å². The number of carbonyl (C=O) groups is 2. The normalized spacial score (nSPS) is 11.9. The molecule has 0 saturated heterocycles. The van der Waals surface area contributed by atoms with Gasteiger partial charge in [0, 0.05) is 29.7 Å². The molecule has 0 aliphatic carbocycles. The fourth-order valence-electron chi connectivity index (χ4n) is 4.37. The smallest absolute Gasteiger partial charge is 0.337 e. The number of fused-ring (bicyclic) bond motifs is 2. The Balaban J connectivity index is 1.40. The van der Waals surface area contributed by atoms with Crippen LogP contribution >= 0.6 is 0 Å². The van der Waals surface area contributed by atoms with Crippen LogP contribution in [-0.4, -0.2) is 28.5 Å². The molecule has 0 aliphatic heterocycles. The van der Waals surface area contributed by atoms with E-state index in [0.717, 1.165) is 32.9 Å². The largest absolute Gasteiger partial charge is 0.465 e. The number of pyridine rings is 1. The van der Waals surface area contributed by atoms with Crippen molar-refractivity contribution in [3.63, 3.8) is 0 Å². The van der Waals surface area contributed by atoms with Crippen molar-refractivity contribution in [3.8, 4) is 0 Å². The van der Waals surface area contributed by atoms with E-state index in [4.69, 9.17) is 4.74 Å². The lowest BCUT2D eigenvalue weighted by Crippen LogP contribution is -2.27. The lowest BCUT2D eigenvalue weighted by atomic mass is 10.0. The van der Waals surface area contributed by atoms with Crippen molar-refractivity contribution >= 4 is 33.7 Å². The highest BCUT2D eigenvalue weighted by Crippen LogP contribution is 2.24. The minimum atomic E-state index is -0.386. The number of esters is 1. The first-order valence-corrected chi connectivity index (χ1v) is 11.4. The maximum atomic E-state index is 13.3. The predicted molar refractivity (Wildman–Crippen MR) is 136 cm³/mol. The number of rotatable bonds is 6. The number of amides is 1. The molecule has 3 aromatic carbocycles. The summed E-state index contributed by atoms with van der Waals surface area (Å²) in [4.78, 5) is 29.5. The summed E-state index contributed by atoms with van der Waals surface area (Å²) in [5, 5.41) is 5.20. The number of aromatic nitrogens is 2. The highest BCUT2D eigenvalue weighted by Gasteiger charge is 2.17. The Morgan fingerprint density at radius 2 is 1.77 bits per heavy atom. The van der Waals surface area contributed by atoms with Gasteiger partial charge in [0.05, 0.1) is 35.3 Å². The van der Waals surface area contributed by atoms with E-state index < -0.39 is 0 Å². The zero-order chi connectivity index (χ0) is 24.4. The third kappa shape index (κ3) is 4.51. The summed E-state index contributed by atoms with van der Waals surface area (Å²) in [5.41, 5.74) is 4.94. The number of carbonyl (C=O) groups excluding carboxylic acids is 2. The van der Waals surface area contributed by atoms with Crippen molar-refractivity contribution in [3.05, 3.63) is 114 Å². The van der Waals surface area contributed by atoms with Gasteiger partial charge in [-0.25, -0.2) is 4.79 Å². The topological polar surface area (TPSA) is 73.2 Å². The molecule has 0 unspecified atom stereocenters. The van der Waals surface area contributed by atoms with Crippen molar-refractivity contribution in [2.75, 3.05) is 7.11 Å². The van der Waals surface area contributed by atoms with E-state index in [1.165, 1.54) is 7.11 Å². The van der Waals surface area contributed by atoms with Crippen LogP contribution in [0.3, 0.4) is 0 Å². The van der Waals surface area contributed by atoms with Gasteiger partial charge in [-0.05, 0) is 54.4 Å². The second-order valence-corrected chi connectivity index (χ2v) is 8.53. The molecule has 6 nitrogen and oxygen atoms in total. The van der Waals surface area contributed by atoms with E-state index >= 15 is 0 Å². The van der Waals surface area contributed by atoms with E-state index in [1.54, 1.807) is 18.3 Å². The first-order valence-electron chi connectivity index (χ1n) is 11.4. The predicted octanol–water partition coefficient (Wildman–Crippen LogP) is 5.52. The van der Waals surface area contributed by atoms with E-state index in [2.05, 4.69) is 33.1 Å². The monoisotopic (exact) mass is 463 g/mol. The van der Waals surface area contributed by atoms with Crippen molar-refractivity contribution in [2.45, 2.75) is 19.5 Å². The van der Waals surface area contributed by atoms with Crippen LogP contribution in [0.4, 0.5) is 0 Å². The first kappa shape index (κ1) is 22.3. The molecule has 0 saturated carbocycles. The van der Waals surface area contributed by atoms with Crippen LogP contribution in [0.15, 0.2) is 91.3 Å². The van der Waals surface area contributed by atoms with Gasteiger partial charge >= 0.3 is 5.97 Å². The summed E-state index contributed by atoms with van der Waals surface area (Å²) in [6.07, 6.45) is 3.81. The number of para-hydroxylation sites is 1. The van der Waals surface area contributed by atoms with Gasteiger partial charge in [-0.1, -0.05) is 42.5 Å². The van der Waals surface area contributed by atoms with E-state index in [9.17, 15) is 9.59 Å². The summed E-state index contributed by atoms with van der Waals surface area (Å²) in [5.74, 6) is -0.539. The van der Waals surface area contributed by atoms with Crippen LogP contribution in [0.25, 0.3) is 21.8 Å². The summed E-state index contributed by atoms with van der Waals surface area (Å²) in [6.45, 7) is 2.55. The Morgan fingerprint density at radius 3 is 2.57 bits per heavy atom. The average molecular weight is 464 g/mol. The molecule has 5 aromatic rings. The number of nitrogens with one attached hydrogen (secondary N) is 1. The molecule has 1 atom stereocenters. The molecular formula is C29H25N3O3. The summed E-state index contributed by atoms with van der Waals surface area (Å²) in [6, 6.07) is 24.8. The maximum Gasteiger partial charge on any atom is 0.337 e. The lowest BCUT2D eigenvalue weighted by Gasteiger charge is -2.16. The van der Waals surface area contributed by atoms with E-state index in [0.29, 0.717) is 17.7 Å². The Hall–Kier alpha value is -4.45. The highest BCUT2D eigenvalue weighted by molar-refractivity contribution is 6.06. The molecule has 0 radical (unpaired) electrons. The molecule has 0 fully saturated rings. The van der Waals surface area contributed by atoms with Crippen molar-refractivity contribution in [1.29, 1.82) is 0 Å². The van der Waals surface area contributed by atoms with Gasteiger partial charge in [0.2, 0.25) is 0 Å². The van der Waals surface area contributed by atoms with Crippen molar-refractivity contribution in [2.24, 2.45) is 0 Å². The molecule has 1 amide bonds. The Bertz CT molecular complexity index is 1540. The van der Waals surface area contributed by atoms with Gasteiger partial charge < -0.3 is 14.6 Å². The molecular weight excluding hydrogens is 438 g/mol. The standard InChI is InChI=1S/C29H25N3O3/c1-19(21-10-12-24(13-11-21)29(34)35-2)31-28(33)25-7-3-5-23-14-16-32(27(23)25)18-20-8-9-22-6-4-15-30-26(22)17-20/h3-17,19H,18H2,1-2H3,(H,31,33)/t19-/m0/s1. The minimum absolute atomic E-state index is 0.153. The summed E-state index contributed by atoms with van der Waals surface area (Å²) < 4.78 is 6.85. The molecule has 2 heterocycles. The average Bonchev–Trinajstić information content (AvgIpc) is 3.31. The first-order chi connectivity index (χ1) is 17.0. The third-order valence-corrected chi connectivity index (χ3v) is 6.24. The molecule has 0 bridgehead atoms. The van der Waals surface area contributed by atoms with Gasteiger partial charge in [0.25, 0.3) is 5.91 Å². The molecule has 2 aromatic heterocycles. The van der Waals surface area contributed by atoms with Crippen LogP contribution in [0.2, 0.25) is 0 Å². The molecule has 0 aliphatic rings. The zero-order valence-electron chi connectivity index (χ0n) is 19.6. The number of nitrogens with zero attached hydrogens (tertiary/aromatic N) is 2. The Morgan fingerprint density at radius 1 is 0.971 bits per heavy atom. The Kier molecular flexibility index (Phi) is 6.02. The van der Waals surface area contributed by atoms with Gasteiger partial charge in [0.1, 0.15) is 0 Å². The second kappa shape index (κ2) is 9.43. The number of hydrogen-bond donors (Lipinski definition) is 1. The number of hydrogen-bond acceptors (Lipinski definition) is 4. The molecule has 0 spiro atoms. The van der Waals surface area contributed by atoms with Crippen LogP contribution < -0.4 is 5.32 Å². The van der Waals surface area contributed by atoms with Crippen LogP contribution in [0.5, 0.6) is 0 Å². The quantitative estimate of drug-likeness (QED) is 0.337. The summed E-state index contributed by atoms with van der Waals surface area (Å²) >= 11 is 0. The zero-order valence-corrected chi connectivity index (χ0v) is 19.6. The molecule has 174 valence electrons. The molecule has 35 heavy (non-hydrogen) atoms. The number of ether oxygens (including phenoxy) is 1. The lowest BCUT2D eigenvalue weighted by molar-refractivity contribution is 0.0600. The molecule has 5 rings (SSSR count). The van der Waals surface area contributed by atoms with Crippen molar-refractivity contribution < 1.29 is 14.3 Å². The summed E-state index contributed by atoms with van der Waals surface area (Å²) in [7, 11) is 1.35. The van der Waals surface area contributed by atoms with Gasteiger partial charge in [0.15, 0.2) is 0 Å². The minimum Gasteiger partial charge on any atom is -0.465 e. The maximum absolute atomic E-state index is 13.3. The van der Waals surface area contributed by atoms with E-state index in [1.807, 2.05) is 61.7 Å². The van der Waals surface area contributed by atoms with Gasteiger partial charge in [-0.15, -0.1) is 0 Å².